The Morgan fingerprint density at radius 3 is 2.60 bits per heavy atom. The summed E-state index contributed by atoms with van der Waals surface area (Å²) in [5.74, 6) is -0.473. The van der Waals surface area contributed by atoms with Gasteiger partial charge < -0.3 is 20.1 Å². The lowest BCUT2D eigenvalue weighted by Gasteiger charge is -2.22. The van der Waals surface area contributed by atoms with Gasteiger partial charge in [0.1, 0.15) is 11.6 Å². The highest BCUT2D eigenvalue weighted by Crippen LogP contribution is 2.33. The third-order valence-corrected chi connectivity index (χ3v) is 4.55. The van der Waals surface area contributed by atoms with Crippen LogP contribution in [-0.2, 0) is 14.3 Å². The number of rotatable bonds is 2. The first-order valence-electron chi connectivity index (χ1n) is 7.77. The van der Waals surface area contributed by atoms with E-state index in [0.717, 1.165) is 10.5 Å². The van der Waals surface area contributed by atoms with Crippen molar-refractivity contribution in [3.8, 4) is 0 Å². The van der Waals surface area contributed by atoms with Gasteiger partial charge in [-0.05, 0) is 45.4 Å². The highest BCUT2D eigenvalue weighted by Gasteiger charge is 2.28. The molecule has 0 saturated carbocycles. The van der Waals surface area contributed by atoms with Crippen LogP contribution < -0.4 is 10.6 Å². The lowest BCUT2D eigenvalue weighted by atomic mass is 10.1. The highest BCUT2D eigenvalue weighted by atomic mass is 32.2. The predicted molar refractivity (Wildman–Crippen MR) is 95.0 cm³/mol. The number of hydrogen-bond acceptors (Lipinski definition) is 6. The van der Waals surface area contributed by atoms with Gasteiger partial charge in [0.15, 0.2) is 0 Å². The summed E-state index contributed by atoms with van der Waals surface area (Å²) in [7, 11) is 1.31. The summed E-state index contributed by atoms with van der Waals surface area (Å²) >= 11 is 1.42. The smallest absolute Gasteiger partial charge is 0.408 e. The maximum absolute atomic E-state index is 12.4. The summed E-state index contributed by atoms with van der Waals surface area (Å²) in [5.41, 5.74) is 1.02. The van der Waals surface area contributed by atoms with E-state index in [1.807, 2.05) is 6.07 Å². The highest BCUT2D eigenvalue weighted by molar-refractivity contribution is 7.99. The average molecular weight is 366 g/mol. The van der Waals surface area contributed by atoms with Crippen molar-refractivity contribution in [3.05, 3.63) is 23.3 Å². The van der Waals surface area contributed by atoms with Crippen LogP contribution in [0.3, 0.4) is 0 Å². The van der Waals surface area contributed by atoms with Crippen molar-refractivity contribution in [2.45, 2.75) is 44.2 Å². The Labute approximate surface area is 150 Å². The molecule has 2 amide bonds. The fourth-order valence-electron chi connectivity index (χ4n) is 2.25. The van der Waals surface area contributed by atoms with Crippen LogP contribution in [0.15, 0.2) is 17.0 Å². The first kappa shape index (κ1) is 19.1. The van der Waals surface area contributed by atoms with Gasteiger partial charge in [0.05, 0.1) is 18.4 Å². The summed E-state index contributed by atoms with van der Waals surface area (Å²) in [6.45, 7) is 7.06. The van der Waals surface area contributed by atoms with Gasteiger partial charge >= 0.3 is 12.1 Å². The van der Waals surface area contributed by atoms with Crippen LogP contribution in [0, 0.1) is 6.92 Å². The van der Waals surface area contributed by atoms with Crippen LogP contribution in [0.2, 0.25) is 0 Å². The van der Waals surface area contributed by atoms with Gasteiger partial charge in [-0.15, -0.1) is 11.8 Å². The summed E-state index contributed by atoms with van der Waals surface area (Å²) < 4.78 is 9.94. The number of methoxy groups -OCH3 is 1. The Hall–Kier alpha value is -2.22. The third kappa shape index (κ3) is 4.88. The number of carbonyl (C=O) groups is 3. The zero-order valence-corrected chi connectivity index (χ0v) is 15.7. The molecule has 0 spiro atoms. The number of anilines is 1. The number of aryl methyl sites for hydroxylation is 1. The topological polar surface area (TPSA) is 93.7 Å². The minimum Gasteiger partial charge on any atom is -0.465 e. The van der Waals surface area contributed by atoms with Gasteiger partial charge in [-0.25, -0.2) is 9.59 Å². The van der Waals surface area contributed by atoms with E-state index in [1.165, 1.54) is 18.9 Å². The van der Waals surface area contributed by atoms with E-state index in [4.69, 9.17) is 9.47 Å². The second-order valence-electron chi connectivity index (χ2n) is 6.65. The largest absolute Gasteiger partial charge is 0.465 e. The number of thioether (sulfide) groups is 1. The molecular formula is C17H22N2O5S. The molecule has 0 aromatic heterocycles. The Bertz CT molecular complexity index is 712. The summed E-state index contributed by atoms with van der Waals surface area (Å²) in [6, 6.07) is 2.67. The molecule has 1 atom stereocenters. The van der Waals surface area contributed by atoms with Crippen LogP contribution in [0.1, 0.15) is 36.7 Å². The van der Waals surface area contributed by atoms with Crippen LogP contribution >= 0.6 is 11.8 Å². The normalized spacial score (nSPS) is 17.0. The molecule has 0 bridgehead atoms. The van der Waals surface area contributed by atoms with Gasteiger partial charge in [0.25, 0.3) is 0 Å². The molecule has 7 nitrogen and oxygen atoms in total. The molecule has 1 aliphatic rings. The number of benzene rings is 1. The number of hydrogen-bond donors (Lipinski definition) is 2. The van der Waals surface area contributed by atoms with E-state index in [2.05, 4.69) is 10.6 Å². The van der Waals surface area contributed by atoms with Gasteiger partial charge in [0.2, 0.25) is 5.91 Å². The molecular weight excluding hydrogens is 344 g/mol. The van der Waals surface area contributed by atoms with Gasteiger partial charge in [-0.2, -0.15) is 0 Å². The number of ether oxygens (including phenoxy) is 2. The third-order valence-electron chi connectivity index (χ3n) is 3.40. The average Bonchev–Trinajstić information content (AvgIpc) is 2.63. The maximum Gasteiger partial charge on any atom is 0.408 e. The van der Waals surface area contributed by atoms with Crippen molar-refractivity contribution in [2.24, 2.45) is 0 Å². The van der Waals surface area contributed by atoms with Crippen molar-refractivity contribution >= 4 is 35.4 Å². The van der Waals surface area contributed by atoms with Crippen LogP contribution in [-0.4, -0.2) is 42.5 Å². The fraction of sp³-hybridized carbons (Fsp3) is 0.471. The molecule has 0 unspecified atom stereocenters. The summed E-state index contributed by atoms with van der Waals surface area (Å²) in [6.07, 6.45) is -0.648. The van der Waals surface area contributed by atoms with E-state index in [9.17, 15) is 14.4 Å². The van der Waals surface area contributed by atoms with Crippen LogP contribution in [0.25, 0.3) is 0 Å². The first-order valence-corrected chi connectivity index (χ1v) is 8.75. The second kappa shape index (κ2) is 7.35. The lowest BCUT2D eigenvalue weighted by molar-refractivity contribution is -0.117. The number of carbonyl (C=O) groups excluding carboxylic acids is 3. The van der Waals surface area contributed by atoms with Gasteiger partial charge in [-0.1, -0.05) is 0 Å². The quantitative estimate of drug-likeness (QED) is 0.782. The molecule has 2 rings (SSSR count). The Morgan fingerprint density at radius 2 is 2.00 bits per heavy atom. The molecule has 25 heavy (non-hydrogen) atoms. The van der Waals surface area contributed by atoms with E-state index in [1.54, 1.807) is 33.8 Å². The van der Waals surface area contributed by atoms with Crippen molar-refractivity contribution in [3.63, 3.8) is 0 Å². The number of amides is 2. The summed E-state index contributed by atoms with van der Waals surface area (Å²) in [4.78, 5) is 37.0. The van der Waals surface area contributed by atoms with Crippen molar-refractivity contribution in [1.82, 2.24) is 5.32 Å². The molecule has 2 N–H and O–H groups in total. The zero-order valence-electron chi connectivity index (χ0n) is 14.9. The minimum absolute atomic E-state index is 0.356. The SMILES string of the molecule is COC(=O)c1cc2c(cc1C)SC[C@H](NC(=O)OC(C)(C)C)C(=O)N2. The number of fused-ring (bicyclic) bond motifs is 1. The van der Waals surface area contributed by atoms with Crippen molar-refractivity contribution in [1.29, 1.82) is 0 Å². The molecule has 1 aromatic carbocycles. The monoisotopic (exact) mass is 366 g/mol. The molecule has 1 aromatic rings. The standard InChI is InChI=1S/C17H22N2O5S/c1-9-6-13-11(7-10(9)15(21)23-5)18-14(20)12(8-25-13)19-16(22)24-17(2,3)4/h6-7,12H,8H2,1-5H3,(H,18,20)(H,19,22)/t12-/m0/s1. The van der Waals surface area contributed by atoms with E-state index in [-0.39, 0.29) is 5.91 Å². The Kier molecular flexibility index (Phi) is 5.62. The van der Waals surface area contributed by atoms with E-state index < -0.39 is 23.7 Å². The van der Waals surface area contributed by atoms with Gasteiger partial charge in [0, 0.05) is 10.6 Å². The van der Waals surface area contributed by atoms with Crippen LogP contribution in [0.5, 0.6) is 0 Å². The second-order valence-corrected chi connectivity index (χ2v) is 7.72. The molecule has 136 valence electrons. The zero-order chi connectivity index (χ0) is 18.8. The maximum atomic E-state index is 12.4. The number of alkyl carbamates (subject to hydrolysis) is 1. The first-order chi connectivity index (χ1) is 11.6. The summed E-state index contributed by atoms with van der Waals surface area (Å²) in [5, 5.41) is 5.33. The lowest BCUT2D eigenvalue weighted by Crippen LogP contribution is -2.46. The molecule has 0 fully saturated rings. The molecule has 1 heterocycles. The Morgan fingerprint density at radius 1 is 1.32 bits per heavy atom. The number of nitrogens with one attached hydrogen (secondary N) is 2. The Balaban J connectivity index is 2.17. The van der Waals surface area contributed by atoms with Gasteiger partial charge in [-0.3, -0.25) is 4.79 Å². The van der Waals surface area contributed by atoms with Crippen molar-refractivity contribution < 1.29 is 23.9 Å². The molecule has 8 heteroatoms. The van der Waals surface area contributed by atoms with E-state index in [0.29, 0.717) is 17.0 Å². The molecule has 0 aliphatic carbocycles. The van der Waals surface area contributed by atoms with Crippen molar-refractivity contribution in [2.75, 3.05) is 18.2 Å². The number of esters is 1. The fourth-order valence-corrected chi connectivity index (χ4v) is 3.36. The van der Waals surface area contributed by atoms with Crippen LogP contribution in [0.4, 0.5) is 10.5 Å². The predicted octanol–water partition coefficient (Wildman–Crippen LogP) is 2.72. The van der Waals surface area contributed by atoms with E-state index >= 15 is 0 Å². The molecule has 0 saturated heterocycles. The molecule has 1 aliphatic heterocycles. The molecule has 0 radical (unpaired) electrons. The minimum atomic E-state index is -0.742.